The predicted molar refractivity (Wildman–Crippen MR) is 76.3 cm³/mol. The Bertz CT molecular complexity index is 577. The molecule has 2 rings (SSSR count). The highest BCUT2D eigenvalue weighted by atomic mass is 19.1. The van der Waals surface area contributed by atoms with Gasteiger partial charge < -0.3 is 14.7 Å². The molecule has 112 valence electrons. The number of methoxy groups -OCH3 is 1. The van der Waals surface area contributed by atoms with Gasteiger partial charge in [-0.2, -0.15) is 0 Å². The van der Waals surface area contributed by atoms with Crippen LogP contribution in [0.15, 0.2) is 18.2 Å². The molecule has 1 atom stereocenters. The summed E-state index contributed by atoms with van der Waals surface area (Å²) in [6.45, 7) is 1.60. The van der Waals surface area contributed by atoms with E-state index in [1.54, 1.807) is 12.0 Å². The van der Waals surface area contributed by atoms with Gasteiger partial charge in [0.25, 0.3) is 5.91 Å². The van der Waals surface area contributed by atoms with Gasteiger partial charge in [0.15, 0.2) is 0 Å². The van der Waals surface area contributed by atoms with Gasteiger partial charge in [-0.25, -0.2) is 4.39 Å². The van der Waals surface area contributed by atoms with Crippen molar-refractivity contribution in [1.29, 1.82) is 0 Å². The monoisotopic (exact) mass is 291 g/mol. The highest BCUT2D eigenvalue weighted by Crippen LogP contribution is 2.21. The zero-order valence-electron chi connectivity index (χ0n) is 11.9. The number of likely N-dealkylation sites (tertiary alicyclic amines) is 1. The summed E-state index contributed by atoms with van der Waals surface area (Å²) >= 11 is 0. The van der Waals surface area contributed by atoms with Gasteiger partial charge in [0, 0.05) is 31.7 Å². The van der Waals surface area contributed by atoms with Gasteiger partial charge in [0.2, 0.25) is 0 Å². The van der Waals surface area contributed by atoms with Gasteiger partial charge in [0.05, 0.1) is 12.2 Å². The number of aliphatic hydroxyl groups excluding tert-OH is 1. The third-order valence-corrected chi connectivity index (χ3v) is 3.49. The molecular formula is C16H18FNO3. The molecule has 1 heterocycles. The molecule has 1 aliphatic heterocycles. The van der Waals surface area contributed by atoms with Crippen molar-refractivity contribution in [3.05, 3.63) is 35.1 Å². The number of halogens is 1. The van der Waals surface area contributed by atoms with Crippen LogP contribution in [-0.4, -0.2) is 49.3 Å². The number of amides is 1. The molecule has 0 aromatic heterocycles. The zero-order valence-corrected chi connectivity index (χ0v) is 11.9. The van der Waals surface area contributed by atoms with E-state index >= 15 is 0 Å². The molecule has 1 aliphatic rings. The maximum atomic E-state index is 13.3. The third-order valence-electron chi connectivity index (χ3n) is 3.49. The number of hydrogen-bond acceptors (Lipinski definition) is 3. The van der Waals surface area contributed by atoms with Crippen molar-refractivity contribution >= 4 is 5.91 Å². The van der Waals surface area contributed by atoms with Gasteiger partial charge in [-0.1, -0.05) is 11.8 Å². The predicted octanol–water partition coefficient (Wildman–Crippen LogP) is 1.28. The van der Waals surface area contributed by atoms with Crippen LogP contribution < -0.4 is 0 Å². The Labute approximate surface area is 123 Å². The Kier molecular flexibility index (Phi) is 5.32. The molecule has 0 spiro atoms. The topological polar surface area (TPSA) is 49.8 Å². The fraction of sp³-hybridized carbons (Fsp3) is 0.438. The Hall–Kier alpha value is -1.90. The normalized spacial score (nSPS) is 17.5. The minimum absolute atomic E-state index is 0.157. The lowest BCUT2D eigenvalue weighted by molar-refractivity contribution is 0.0775. The van der Waals surface area contributed by atoms with Crippen LogP contribution in [0.1, 0.15) is 22.3 Å². The van der Waals surface area contributed by atoms with Gasteiger partial charge >= 0.3 is 0 Å². The number of ether oxygens (including phenoxy) is 1. The van der Waals surface area contributed by atoms with Crippen LogP contribution >= 0.6 is 0 Å². The van der Waals surface area contributed by atoms with E-state index in [1.807, 2.05) is 0 Å². The Morgan fingerprint density at radius 1 is 1.57 bits per heavy atom. The van der Waals surface area contributed by atoms with Crippen LogP contribution in [0.2, 0.25) is 0 Å². The number of rotatable bonds is 3. The molecule has 1 amide bonds. The van der Waals surface area contributed by atoms with Crippen LogP contribution in [0.3, 0.4) is 0 Å². The first-order chi connectivity index (χ1) is 10.2. The molecule has 1 saturated heterocycles. The number of carbonyl (C=O) groups is 1. The van der Waals surface area contributed by atoms with E-state index in [0.717, 1.165) is 6.42 Å². The second-order valence-electron chi connectivity index (χ2n) is 5.01. The van der Waals surface area contributed by atoms with Crippen molar-refractivity contribution in [2.45, 2.75) is 6.42 Å². The standard InChI is InChI=1S/C16H18FNO3/c1-21-11-12-6-7-18(10-12)16(20)15-5-4-14(17)9-13(15)3-2-8-19/h4-5,9,12,19H,6-8,10-11H2,1H3. The molecule has 5 heteroatoms. The summed E-state index contributed by atoms with van der Waals surface area (Å²) < 4.78 is 18.4. The molecule has 0 radical (unpaired) electrons. The van der Waals surface area contributed by atoms with E-state index in [4.69, 9.17) is 9.84 Å². The SMILES string of the molecule is COCC1CCN(C(=O)c2ccc(F)cc2C#CCO)C1. The molecule has 0 bridgehead atoms. The first kappa shape index (κ1) is 15.5. The van der Waals surface area contributed by atoms with Crippen molar-refractivity contribution in [1.82, 2.24) is 4.90 Å². The molecule has 1 aromatic rings. The van der Waals surface area contributed by atoms with Crippen molar-refractivity contribution in [3.8, 4) is 11.8 Å². The number of carbonyl (C=O) groups excluding carboxylic acids is 1. The lowest BCUT2D eigenvalue weighted by atomic mass is 10.1. The minimum atomic E-state index is -0.451. The molecule has 0 aliphatic carbocycles. The molecule has 21 heavy (non-hydrogen) atoms. The van der Waals surface area contributed by atoms with Gasteiger partial charge in [-0.05, 0) is 24.6 Å². The summed E-state index contributed by atoms with van der Waals surface area (Å²) in [5.74, 6) is 4.82. The maximum absolute atomic E-state index is 13.3. The van der Waals surface area contributed by atoms with Crippen molar-refractivity contribution in [2.75, 3.05) is 33.4 Å². The van der Waals surface area contributed by atoms with E-state index in [-0.39, 0.29) is 12.5 Å². The molecule has 1 N–H and O–H groups in total. The second kappa shape index (κ2) is 7.21. The van der Waals surface area contributed by atoms with Crippen LogP contribution in [0.25, 0.3) is 0 Å². The summed E-state index contributed by atoms with van der Waals surface area (Å²) in [5, 5.41) is 8.76. The fourth-order valence-electron chi connectivity index (χ4n) is 2.50. The van der Waals surface area contributed by atoms with E-state index in [1.165, 1.54) is 18.2 Å². The number of benzene rings is 1. The highest BCUT2D eigenvalue weighted by molar-refractivity contribution is 5.97. The van der Waals surface area contributed by atoms with Crippen LogP contribution in [0.4, 0.5) is 4.39 Å². The van der Waals surface area contributed by atoms with E-state index < -0.39 is 5.82 Å². The summed E-state index contributed by atoms with van der Waals surface area (Å²) in [7, 11) is 1.65. The zero-order chi connectivity index (χ0) is 15.2. The smallest absolute Gasteiger partial charge is 0.255 e. The van der Waals surface area contributed by atoms with Crippen molar-refractivity contribution in [3.63, 3.8) is 0 Å². The number of nitrogens with zero attached hydrogens (tertiary/aromatic N) is 1. The molecule has 1 aromatic carbocycles. The van der Waals surface area contributed by atoms with Crippen molar-refractivity contribution < 1.29 is 19.0 Å². The van der Waals surface area contributed by atoms with Crippen LogP contribution in [0.5, 0.6) is 0 Å². The average Bonchev–Trinajstić information content (AvgIpc) is 2.93. The molecule has 1 unspecified atom stereocenters. The lowest BCUT2D eigenvalue weighted by Gasteiger charge is -2.17. The highest BCUT2D eigenvalue weighted by Gasteiger charge is 2.27. The minimum Gasteiger partial charge on any atom is -0.384 e. The van der Waals surface area contributed by atoms with Crippen LogP contribution in [0, 0.1) is 23.6 Å². The van der Waals surface area contributed by atoms with Gasteiger partial charge in [-0.15, -0.1) is 0 Å². The molecule has 4 nitrogen and oxygen atoms in total. The van der Waals surface area contributed by atoms with Gasteiger partial charge in [-0.3, -0.25) is 4.79 Å². The quantitative estimate of drug-likeness (QED) is 0.854. The lowest BCUT2D eigenvalue weighted by Crippen LogP contribution is -2.29. The first-order valence-electron chi connectivity index (χ1n) is 6.83. The third kappa shape index (κ3) is 3.81. The number of hydrogen-bond donors (Lipinski definition) is 1. The van der Waals surface area contributed by atoms with E-state index in [2.05, 4.69) is 11.8 Å². The Morgan fingerprint density at radius 3 is 3.10 bits per heavy atom. The number of aliphatic hydroxyl groups is 1. The largest absolute Gasteiger partial charge is 0.384 e. The second-order valence-corrected chi connectivity index (χ2v) is 5.01. The first-order valence-corrected chi connectivity index (χ1v) is 6.83. The molecule has 0 saturated carbocycles. The average molecular weight is 291 g/mol. The Morgan fingerprint density at radius 2 is 2.38 bits per heavy atom. The summed E-state index contributed by atoms with van der Waals surface area (Å²) in [5.41, 5.74) is 0.680. The van der Waals surface area contributed by atoms with Crippen LogP contribution in [-0.2, 0) is 4.74 Å². The summed E-state index contributed by atoms with van der Waals surface area (Å²) in [6, 6.07) is 3.92. The summed E-state index contributed by atoms with van der Waals surface area (Å²) in [6.07, 6.45) is 0.901. The fourth-order valence-corrected chi connectivity index (χ4v) is 2.50. The molecule has 1 fully saturated rings. The Balaban J connectivity index is 2.19. The summed E-state index contributed by atoms with van der Waals surface area (Å²) in [4.78, 5) is 14.3. The van der Waals surface area contributed by atoms with E-state index in [0.29, 0.717) is 36.7 Å². The van der Waals surface area contributed by atoms with Gasteiger partial charge in [0.1, 0.15) is 12.4 Å². The van der Waals surface area contributed by atoms with E-state index in [9.17, 15) is 9.18 Å². The maximum Gasteiger partial charge on any atom is 0.255 e. The van der Waals surface area contributed by atoms with Crippen molar-refractivity contribution in [2.24, 2.45) is 5.92 Å². The molecular weight excluding hydrogens is 273 g/mol.